The third kappa shape index (κ3) is 2.56. The lowest BCUT2D eigenvalue weighted by Gasteiger charge is -2.08. The van der Waals surface area contributed by atoms with E-state index in [0.29, 0.717) is 0 Å². The van der Waals surface area contributed by atoms with Gasteiger partial charge in [0.05, 0.1) is 0 Å². The van der Waals surface area contributed by atoms with E-state index in [9.17, 15) is 0 Å². The number of hydrogen-bond donors (Lipinski definition) is 1. The predicted octanol–water partition coefficient (Wildman–Crippen LogP) is 4.22. The Hall–Kier alpha value is -2.02. The fraction of sp³-hybridized carbons (Fsp3) is 0.125. The van der Waals surface area contributed by atoms with Crippen LogP contribution in [0.15, 0.2) is 54.6 Å². The van der Waals surface area contributed by atoms with Gasteiger partial charge >= 0.3 is 0 Å². The minimum Gasteiger partial charge on any atom is -0.399 e. The van der Waals surface area contributed by atoms with Crippen LogP contribution in [0.1, 0.15) is 25.0 Å². The zero-order valence-electron chi connectivity index (χ0n) is 10.3. The second kappa shape index (κ2) is 4.88. The Morgan fingerprint density at radius 3 is 1.71 bits per heavy atom. The minimum atomic E-state index is 0.805. The Bertz CT molecular complexity index is 521. The largest absolute Gasteiger partial charge is 0.399 e. The molecular formula is C16H17N. The van der Waals surface area contributed by atoms with Crippen molar-refractivity contribution in [3.8, 4) is 0 Å². The van der Waals surface area contributed by atoms with Gasteiger partial charge in [-0.1, -0.05) is 42.5 Å². The summed E-state index contributed by atoms with van der Waals surface area (Å²) in [6.07, 6.45) is 0. The summed E-state index contributed by atoms with van der Waals surface area (Å²) in [4.78, 5) is 0. The van der Waals surface area contributed by atoms with Crippen LogP contribution < -0.4 is 5.73 Å². The summed E-state index contributed by atoms with van der Waals surface area (Å²) in [5, 5.41) is 0. The molecule has 0 unspecified atom stereocenters. The van der Waals surface area contributed by atoms with Crippen molar-refractivity contribution in [2.45, 2.75) is 13.8 Å². The van der Waals surface area contributed by atoms with E-state index in [1.165, 1.54) is 22.3 Å². The van der Waals surface area contributed by atoms with Crippen molar-refractivity contribution in [2.24, 2.45) is 0 Å². The molecule has 0 aromatic heterocycles. The van der Waals surface area contributed by atoms with Crippen LogP contribution in [0.2, 0.25) is 0 Å². The lowest BCUT2D eigenvalue weighted by molar-refractivity contribution is 1.51. The molecule has 2 aromatic carbocycles. The molecule has 0 aliphatic rings. The lowest BCUT2D eigenvalue weighted by atomic mass is 9.97. The number of anilines is 1. The Morgan fingerprint density at radius 1 is 0.706 bits per heavy atom. The van der Waals surface area contributed by atoms with Gasteiger partial charge in [0.25, 0.3) is 0 Å². The predicted molar refractivity (Wildman–Crippen MR) is 75.5 cm³/mol. The smallest absolute Gasteiger partial charge is 0.0314 e. The number of allylic oxidation sites excluding steroid dienone is 2. The van der Waals surface area contributed by atoms with Crippen molar-refractivity contribution in [1.29, 1.82) is 0 Å². The third-order valence-electron chi connectivity index (χ3n) is 3.11. The number of nitrogens with two attached hydrogens (primary N) is 1. The molecule has 0 fully saturated rings. The van der Waals surface area contributed by atoms with E-state index in [4.69, 9.17) is 5.73 Å². The molecule has 0 saturated heterocycles. The van der Waals surface area contributed by atoms with E-state index in [-0.39, 0.29) is 0 Å². The SMILES string of the molecule is C/C(=C(/C)c1ccc(N)cc1)c1ccccc1. The van der Waals surface area contributed by atoms with Crippen LogP contribution in [0.3, 0.4) is 0 Å². The summed E-state index contributed by atoms with van der Waals surface area (Å²) in [6, 6.07) is 18.5. The molecule has 2 aromatic rings. The molecule has 0 heterocycles. The maximum absolute atomic E-state index is 5.70. The van der Waals surface area contributed by atoms with E-state index in [0.717, 1.165) is 5.69 Å². The fourth-order valence-electron chi connectivity index (χ4n) is 1.85. The van der Waals surface area contributed by atoms with Crippen LogP contribution in [-0.2, 0) is 0 Å². The van der Waals surface area contributed by atoms with Crippen molar-refractivity contribution in [1.82, 2.24) is 0 Å². The van der Waals surface area contributed by atoms with Gasteiger partial charge in [-0.15, -0.1) is 0 Å². The summed E-state index contributed by atoms with van der Waals surface area (Å²) >= 11 is 0. The highest BCUT2D eigenvalue weighted by atomic mass is 14.5. The Kier molecular flexibility index (Phi) is 3.29. The van der Waals surface area contributed by atoms with E-state index in [1.54, 1.807) is 0 Å². The molecule has 86 valence electrons. The quantitative estimate of drug-likeness (QED) is 0.598. The average Bonchev–Trinajstić information content (AvgIpc) is 2.39. The molecule has 0 aliphatic carbocycles. The summed E-state index contributed by atoms with van der Waals surface area (Å²) < 4.78 is 0. The monoisotopic (exact) mass is 223 g/mol. The van der Waals surface area contributed by atoms with Crippen molar-refractivity contribution in [2.75, 3.05) is 5.73 Å². The van der Waals surface area contributed by atoms with E-state index >= 15 is 0 Å². The molecule has 1 heteroatoms. The molecule has 1 nitrogen and oxygen atoms in total. The van der Waals surface area contributed by atoms with Crippen LogP contribution in [0.4, 0.5) is 5.69 Å². The van der Waals surface area contributed by atoms with Gasteiger partial charge in [0.15, 0.2) is 0 Å². The molecule has 2 rings (SSSR count). The molecule has 17 heavy (non-hydrogen) atoms. The van der Waals surface area contributed by atoms with Crippen molar-refractivity contribution in [3.05, 3.63) is 65.7 Å². The molecule has 0 atom stereocenters. The first kappa shape index (κ1) is 11.5. The molecule has 0 aliphatic heterocycles. The second-order valence-corrected chi connectivity index (χ2v) is 4.24. The van der Waals surface area contributed by atoms with E-state index in [1.807, 2.05) is 18.2 Å². The summed E-state index contributed by atoms with van der Waals surface area (Å²) in [5.74, 6) is 0. The Labute approximate surface area is 103 Å². The van der Waals surface area contributed by atoms with Gasteiger partial charge in [-0.25, -0.2) is 0 Å². The minimum absolute atomic E-state index is 0.805. The van der Waals surface area contributed by atoms with Gasteiger partial charge in [-0.3, -0.25) is 0 Å². The van der Waals surface area contributed by atoms with Crippen molar-refractivity contribution >= 4 is 16.8 Å². The van der Waals surface area contributed by atoms with Crippen molar-refractivity contribution in [3.63, 3.8) is 0 Å². The second-order valence-electron chi connectivity index (χ2n) is 4.24. The normalized spacial score (nSPS) is 12.1. The third-order valence-corrected chi connectivity index (χ3v) is 3.11. The Morgan fingerprint density at radius 2 is 1.18 bits per heavy atom. The number of rotatable bonds is 2. The lowest BCUT2D eigenvalue weighted by Crippen LogP contribution is -1.88. The zero-order valence-corrected chi connectivity index (χ0v) is 10.3. The topological polar surface area (TPSA) is 26.0 Å². The number of benzene rings is 2. The first-order valence-electron chi connectivity index (χ1n) is 5.77. The maximum atomic E-state index is 5.70. The van der Waals surface area contributed by atoms with Crippen molar-refractivity contribution < 1.29 is 0 Å². The highest BCUT2D eigenvalue weighted by molar-refractivity contribution is 5.88. The highest BCUT2D eigenvalue weighted by Crippen LogP contribution is 2.25. The molecular weight excluding hydrogens is 206 g/mol. The highest BCUT2D eigenvalue weighted by Gasteiger charge is 2.02. The average molecular weight is 223 g/mol. The number of nitrogen functional groups attached to an aromatic ring is 1. The molecule has 0 spiro atoms. The maximum Gasteiger partial charge on any atom is 0.0314 e. The summed E-state index contributed by atoms with van der Waals surface area (Å²) in [5.41, 5.74) is 11.6. The van der Waals surface area contributed by atoms with Gasteiger partial charge in [0.1, 0.15) is 0 Å². The van der Waals surface area contributed by atoms with Crippen LogP contribution >= 0.6 is 0 Å². The van der Waals surface area contributed by atoms with Gasteiger partial charge in [-0.05, 0) is 48.3 Å². The molecule has 0 saturated carbocycles. The standard InChI is InChI=1S/C16H17N/c1-12(14-6-4-3-5-7-14)13(2)15-8-10-16(17)11-9-15/h3-11H,17H2,1-2H3/b13-12+. The van der Waals surface area contributed by atoms with Crippen LogP contribution in [0, 0.1) is 0 Å². The van der Waals surface area contributed by atoms with Gasteiger partial charge in [0.2, 0.25) is 0 Å². The number of hydrogen-bond acceptors (Lipinski definition) is 1. The summed E-state index contributed by atoms with van der Waals surface area (Å²) in [6.45, 7) is 4.30. The zero-order chi connectivity index (χ0) is 12.3. The fourth-order valence-corrected chi connectivity index (χ4v) is 1.85. The molecule has 0 radical (unpaired) electrons. The van der Waals surface area contributed by atoms with Gasteiger partial charge in [0, 0.05) is 5.69 Å². The van der Waals surface area contributed by atoms with Crippen LogP contribution in [0.25, 0.3) is 11.1 Å². The molecule has 0 amide bonds. The molecule has 2 N–H and O–H groups in total. The van der Waals surface area contributed by atoms with E-state index < -0.39 is 0 Å². The molecule has 0 bridgehead atoms. The first-order valence-corrected chi connectivity index (χ1v) is 5.77. The van der Waals surface area contributed by atoms with E-state index in [2.05, 4.69) is 50.2 Å². The van der Waals surface area contributed by atoms with Crippen LogP contribution in [-0.4, -0.2) is 0 Å². The first-order chi connectivity index (χ1) is 8.18. The van der Waals surface area contributed by atoms with Gasteiger partial charge in [-0.2, -0.15) is 0 Å². The van der Waals surface area contributed by atoms with Crippen LogP contribution in [0.5, 0.6) is 0 Å². The summed E-state index contributed by atoms with van der Waals surface area (Å²) in [7, 11) is 0. The van der Waals surface area contributed by atoms with Gasteiger partial charge < -0.3 is 5.73 Å². The Balaban J connectivity index is 2.41.